The second kappa shape index (κ2) is 9.25. The highest BCUT2D eigenvalue weighted by Crippen LogP contribution is 2.37. The molecule has 0 aromatic heterocycles. The van der Waals surface area contributed by atoms with Gasteiger partial charge in [-0.1, -0.05) is 19.3 Å². The fourth-order valence-electron chi connectivity index (χ4n) is 3.51. The first-order chi connectivity index (χ1) is 15.0. The predicted octanol–water partition coefficient (Wildman–Crippen LogP) is 6.07. The van der Waals surface area contributed by atoms with Crippen molar-refractivity contribution >= 4 is 11.7 Å². The van der Waals surface area contributed by atoms with Crippen LogP contribution in [0.25, 0.3) is 0 Å². The van der Waals surface area contributed by atoms with Crippen LogP contribution in [-0.2, 0) is 17.5 Å². The third-order valence-electron chi connectivity index (χ3n) is 5.22. The van der Waals surface area contributed by atoms with E-state index in [2.05, 4.69) is 5.32 Å². The van der Waals surface area contributed by atoms with Gasteiger partial charge in [0.25, 0.3) is 0 Å². The zero-order valence-corrected chi connectivity index (χ0v) is 16.5. The van der Waals surface area contributed by atoms with Gasteiger partial charge in [0, 0.05) is 23.9 Å². The Morgan fingerprint density at radius 2 is 1.59 bits per heavy atom. The van der Waals surface area contributed by atoms with E-state index in [1.165, 1.54) is 6.07 Å². The molecule has 0 radical (unpaired) electrons. The number of anilines is 1. The molecule has 3 rings (SSSR count). The molecule has 0 unspecified atom stereocenters. The molecule has 0 saturated heterocycles. The zero-order chi connectivity index (χ0) is 23.6. The van der Waals surface area contributed by atoms with Gasteiger partial charge in [-0.15, -0.1) is 0 Å². The number of hydrogen-bond donors (Lipinski definition) is 2. The average Bonchev–Trinajstić information content (AvgIpc) is 2.74. The lowest BCUT2D eigenvalue weighted by Crippen LogP contribution is -2.22. The Kier molecular flexibility index (Phi) is 6.85. The summed E-state index contributed by atoms with van der Waals surface area (Å²) in [5.41, 5.74) is -3.92. The number of hydrogen-bond acceptors (Lipinski definition) is 4. The molecule has 0 amide bonds. The number of carbonyl (C=O) groups excluding carboxylic acids is 1. The average molecular weight is 465 g/mol. The molecule has 2 N–H and O–H groups in total. The highest BCUT2D eigenvalue weighted by Gasteiger charge is 2.42. The van der Waals surface area contributed by atoms with Crippen LogP contribution < -0.4 is 10.1 Å². The Morgan fingerprint density at radius 1 is 1.00 bits per heavy atom. The molecule has 2 aromatic carbocycles. The number of rotatable bonds is 5. The maximum Gasteiger partial charge on any atom is 0.422 e. The molecular weight excluding hydrogens is 447 g/mol. The number of halogens is 7. The van der Waals surface area contributed by atoms with E-state index in [-0.39, 0.29) is 17.4 Å². The topological polar surface area (TPSA) is 58.6 Å². The predicted molar refractivity (Wildman–Crippen MR) is 98.9 cm³/mol. The van der Waals surface area contributed by atoms with Gasteiger partial charge in [0.05, 0.1) is 5.92 Å². The Balaban J connectivity index is 1.79. The summed E-state index contributed by atoms with van der Waals surface area (Å²) in [6.45, 7) is -0.926. The van der Waals surface area contributed by atoms with E-state index >= 15 is 0 Å². The van der Waals surface area contributed by atoms with Crippen LogP contribution >= 0.6 is 0 Å². The van der Waals surface area contributed by atoms with Crippen molar-refractivity contribution < 1.29 is 45.4 Å². The van der Waals surface area contributed by atoms with Crippen LogP contribution in [0.15, 0.2) is 18.2 Å². The van der Waals surface area contributed by atoms with Crippen molar-refractivity contribution in [1.29, 1.82) is 0 Å². The maximum atomic E-state index is 14.0. The van der Waals surface area contributed by atoms with Crippen LogP contribution in [-0.4, -0.2) is 11.1 Å². The number of alkyl halides is 3. The first-order valence-electron chi connectivity index (χ1n) is 9.71. The van der Waals surface area contributed by atoms with Crippen molar-refractivity contribution in [3.63, 3.8) is 0 Å². The maximum absolute atomic E-state index is 14.0. The molecule has 1 fully saturated rings. The molecule has 32 heavy (non-hydrogen) atoms. The van der Waals surface area contributed by atoms with Gasteiger partial charge in [0.1, 0.15) is 5.56 Å². The fourth-order valence-corrected chi connectivity index (χ4v) is 3.51. The molecule has 1 aliphatic rings. The van der Waals surface area contributed by atoms with Gasteiger partial charge >= 0.3 is 12.1 Å². The van der Waals surface area contributed by atoms with Gasteiger partial charge < -0.3 is 15.2 Å². The summed E-state index contributed by atoms with van der Waals surface area (Å²) in [6.07, 6.45) is -1.61. The van der Waals surface area contributed by atoms with E-state index in [1.807, 2.05) is 0 Å². The van der Waals surface area contributed by atoms with E-state index in [0.717, 1.165) is 31.4 Å². The molecule has 2 aromatic rings. The smallest absolute Gasteiger partial charge is 0.422 e. The number of carbonyl (C=O) groups is 1. The summed E-state index contributed by atoms with van der Waals surface area (Å²) in [5, 5.41) is 12.3. The highest BCUT2D eigenvalue weighted by molar-refractivity contribution is 5.76. The van der Waals surface area contributed by atoms with Gasteiger partial charge in [0.2, 0.25) is 0 Å². The third kappa shape index (κ3) is 4.91. The minimum Gasteiger partial charge on any atom is -0.504 e. The first-order valence-corrected chi connectivity index (χ1v) is 9.71. The van der Waals surface area contributed by atoms with Crippen LogP contribution in [0.1, 0.15) is 43.2 Å². The van der Waals surface area contributed by atoms with Crippen molar-refractivity contribution in [2.24, 2.45) is 5.92 Å². The molecule has 4 nitrogen and oxygen atoms in total. The fraction of sp³-hybridized carbons (Fsp3) is 0.381. The largest absolute Gasteiger partial charge is 0.504 e. The van der Waals surface area contributed by atoms with E-state index in [9.17, 15) is 40.6 Å². The number of benzene rings is 2. The van der Waals surface area contributed by atoms with E-state index in [4.69, 9.17) is 4.74 Å². The van der Waals surface area contributed by atoms with Crippen molar-refractivity contribution in [2.45, 2.75) is 44.8 Å². The normalized spacial score (nSPS) is 15.0. The number of phenols is 1. The van der Waals surface area contributed by atoms with Crippen molar-refractivity contribution in [3.05, 3.63) is 52.6 Å². The lowest BCUT2D eigenvalue weighted by molar-refractivity contribution is -0.143. The molecule has 1 aliphatic carbocycles. The quantitative estimate of drug-likeness (QED) is 0.185. The summed E-state index contributed by atoms with van der Waals surface area (Å²) >= 11 is 0. The molecule has 0 heterocycles. The third-order valence-corrected chi connectivity index (χ3v) is 5.22. The minimum atomic E-state index is -5.63. The van der Waals surface area contributed by atoms with Crippen LogP contribution in [0.3, 0.4) is 0 Å². The molecule has 0 atom stereocenters. The Morgan fingerprint density at radius 3 is 2.16 bits per heavy atom. The van der Waals surface area contributed by atoms with Crippen LogP contribution in [0, 0.1) is 29.2 Å². The van der Waals surface area contributed by atoms with Gasteiger partial charge in [0.15, 0.2) is 34.8 Å². The Bertz CT molecular complexity index is 988. The monoisotopic (exact) mass is 465 g/mol. The lowest BCUT2D eigenvalue weighted by atomic mass is 9.89. The summed E-state index contributed by atoms with van der Waals surface area (Å²) in [4.78, 5) is 12.3. The summed E-state index contributed by atoms with van der Waals surface area (Å²) < 4.78 is 98.8. The van der Waals surface area contributed by atoms with Gasteiger partial charge in [-0.2, -0.15) is 13.2 Å². The SMILES string of the molecule is O=C(Oc1cc(NCc2c(F)c(F)c(C(F)(F)F)c(F)c2F)ccc1O)C1CCCCC1. The molecule has 174 valence electrons. The summed E-state index contributed by atoms with van der Waals surface area (Å²) in [7, 11) is 0. The number of phenolic OH excluding ortho intramolecular Hbond substituents is 1. The van der Waals surface area contributed by atoms with Crippen molar-refractivity contribution in [3.8, 4) is 11.5 Å². The van der Waals surface area contributed by atoms with Gasteiger partial charge in [-0.3, -0.25) is 4.79 Å². The number of aromatic hydroxyl groups is 1. The van der Waals surface area contributed by atoms with Crippen molar-refractivity contribution in [2.75, 3.05) is 5.32 Å². The molecule has 0 spiro atoms. The number of ether oxygens (including phenoxy) is 1. The van der Waals surface area contributed by atoms with Crippen molar-refractivity contribution in [1.82, 2.24) is 0 Å². The molecule has 0 aliphatic heterocycles. The highest BCUT2D eigenvalue weighted by atomic mass is 19.4. The molecule has 11 heteroatoms. The number of esters is 1. The number of nitrogens with one attached hydrogen (secondary N) is 1. The molecule has 1 saturated carbocycles. The van der Waals surface area contributed by atoms with E-state index in [1.54, 1.807) is 0 Å². The standard InChI is InChI=1S/C21H18F7NO3/c22-16-12(17(23)19(25)15(18(16)24)21(26,27)28)9-29-11-6-7-13(30)14(8-11)32-20(31)10-4-2-1-3-5-10/h6-8,10,29-30H,1-5,9H2. The lowest BCUT2D eigenvalue weighted by Gasteiger charge is -2.20. The van der Waals surface area contributed by atoms with Gasteiger partial charge in [-0.05, 0) is 25.0 Å². The van der Waals surface area contributed by atoms with Crippen LogP contribution in [0.5, 0.6) is 11.5 Å². The van der Waals surface area contributed by atoms with Crippen LogP contribution in [0.4, 0.5) is 36.4 Å². The summed E-state index contributed by atoms with van der Waals surface area (Å²) in [5.74, 6) is -11.0. The van der Waals surface area contributed by atoms with E-state index in [0.29, 0.717) is 12.8 Å². The Hall–Kier alpha value is -2.98. The molecular formula is C21H18F7NO3. The second-order valence-electron chi connectivity index (χ2n) is 7.40. The Labute approximate surface area is 178 Å². The second-order valence-corrected chi connectivity index (χ2v) is 7.40. The van der Waals surface area contributed by atoms with Gasteiger partial charge in [-0.25, -0.2) is 17.6 Å². The minimum absolute atomic E-state index is 0.0220. The first kappa shape index (κ1) is 23.7. The zero-order valence-electron chi connectivity index (χ0n) is 16.5. The van der Waals surface area contributed by atoms with Crippen LogP contribution in [0.2, 0.25) is 0 Å². The summed E-state index contributed by atoms with van der Waals surface area (Å²) in [6, 6.07) is 3.43. The van der Waals surface area contributed by atoms with E-state index < -0.39 is 58.8 Å². The molecule has 0 bridgehead atoms.